The molecule has 0 aliphatic carbocycles. The van der Waals surface area contributed by atoms with Crippen molar-refractivity contribution in [1.82, 2.24) is 10.2 Å². The van der Waals surface area contributed by atoms with E-state index in [-0.39, 0.29) is 12.0 Å². The number of benzene rings is 2. The molecule has 1 aromatic heterocycles. The molecule has 128 valence electrons. The largest absolute Gasteiger partial charge is 0.491 e. The van der Waals surface area contributed by atoms with Gasteiger partial charge in [-0.25, -0.2) is 0 Å². The third-order valence-electron chi connectivity index (χ3n) is 3.50. The van der Waals surface area contributed by atoms with Crippen LogP contribution in [-0.4, -0.2) is 22.2 Å². The van der Waals surface area contributed by atoms with Crippen molar-refractivity contribution in [2.75, 3.05) is 5.32 Å². The van der Waals surface area contributed by atoms with E-state index in [2.05, 4.69) is 15.5 Å². The molecule has 0 aliphatic heterocycles. The summed E-state index contributed by atoms with van der Waals surface area (Å²) in [6, 6.07) is 14.5. The van der Waals surface area contributed by atoms with Gasteiger partial charge in [-0.2, -0.15) is 5.10 Å². The van der Waals surface area contributed by atoms with E-state index in [0.717, 1.165) is 11.3 Å². The van der Waals surface area contributed by atoms with Gasteiger partial charge in [0, 0.05) is 16.3 Å². The number of nitrogens with zero attached hydrogens (tertiary/aromatic N) is 1. The zero-order valence-corrected chi connectivity index (χ0v) is 14.7. The molecule has 1 amide bonds. The van der Waals surface area contributed by atoms with E-state index < -0.39 is 0 Å². The Bertz CT molecular complexity index is 855. The Balaban J connectivity index is 1.76. The number of nitrogens with one attached hydrogen (secondary N) is 2. The third kappa shape index (κ3) is 4.19. The number of ether oxygens (including phenoxy) is 1. The molecule has 2 N–H and O–H groups in total. The molecule has 0 radical (unpaired) electrons. The van der Waals surface area contributed by atoms with Crippen LogP contribution in [0.3, 0.4) is 0 Å². The second-order valence-electron chi connectivity index (χ2n) is 5.81. The smallest absolute Gasteiger partial charge is 0.259 e. The topological polar surface area (TPSA) is 67.0 Å². The number of carbonyl (C=O) groups excluding carboxylic acids is 1. The van der Waals surface area contributed by atoms with E-state index >= 15 is 0 Å². The lowest BCUT2D eigenvalue weighted by atomic mass is 10.1. The van der Waals surface area contributed by atoms with Crippen molar-refractivity contribution in [3.8, 4) is 17.0 Å². The molecule has 5 nitrogen and oxygen atoms in total. The first-order valence-electron chi connectivity index (χ1n) is 7.90. The molecule has 0 bridgehead atoms. The average molecular weight is 356 g/mol. The van der Waals surface area contributed by atoms with E-state index in [0.29, 0.717) is 22.0 Å². The summed E-state index contributed by atoms with van der Waals surface area (Å²) >= 11 is 5.91. The number of rotatable bonds is 5. The Kier molecular flexibility index (Phi) is 5.05. The maximum Gasteiger partial charge on any atom is 0.259 e. The standard InChI is InChI=1S/C19H18ClN3O2/c1-12(2)25-16-9-7-15(8-10-16)22-19(24)17-11-21-23-18(17)13-3-5-14(20)6-4-13/h3-12H,1-2H3,(H,21,23)(H,22,24). The fourth-order valence-corrected chi connectivity index (χ4v) is 2.51. The molecule has 0 unspecified atom stereocenters. The predicted octanol–water partition coefficient (Wildman–Crippen LogP) is 4.77. The molecule has 0 aliphatic rings. The van der Waals surface area contributed by atoms with E-state index in [1.165, 1.54) is 6.20 Å². The highest BCUT2D eigenvalue weighted by Crippen LogP contribution is 2.24. The summed E-state index contributed by atoms with van der Waals surface area (Å²) in [4.78, 5) is 12.6. The van der Waals surface area contributed by atoms with Crippen LogP contribution < -0.4 is 10.1 Å². The minimum atomic E-state index is -0.240. The number of carbonyl (C=O) groups is 1. The zero-order valence-electron chi connectivity index (χ0n) is 13.9. The molecule has 1 heterocycles. The van der Waals surface area contributed by atoms with E-state index in [1.807, 2.05) is 38.1 Å². The maximum atomic E-state index is 12.6. The molecular weight excluding hydrogens is 338 g/mol. The Hall–Kier alpha value is -2.79. The van der Waals surface area contributed by atoms with Gasteiger partial charge >= 0.3 is 0 Å². The summed E-state index contributed by atoms with van der Waals surface area (Å²) in [6.07, 6.45) is 1.61. The van der Waals surface area contributed by atoms with Crippen molar-refractivity contribution >= 4 is 23.2 Å². The summed E-state index contributed by atoms with van der Waals surface area (Å²) in [5.41, 5.74) is 2.64. The molecule has 0 fully saturated rings. The number of anilines is 1. The molecule has 25 heavy (non-hydrogen) atoms. The molecule has 0 spiro atoms. The van der Waals surface area contributed by atoms with Gasteiger partial charge in [0.2, 0.25) is 0 Å². The van der Waals surface area contributed by atoms with Crippen molar-refractivity contribution < 1.29 is 9.53 Å². The normalized spacial score (nSPS) is 10.7. The van der Waals surface area contributed by atoms with Crippen LogP contribution >= 0.6 is 11.6 Å². The van der Waals surface area contributed by atoms with Gasteiger partial charge in [0.15, 0.2) is 0 Å². The van der Waals surface area contributed by atoms with Crippen molar-refractivity contribution in [2.24, 2.45) is 0 Å². The van der Waals surface area contributed by atoms with E-state index in [1.54, 1.807) is 24.3 Å². The lowest BCUT2D eigenvalue weighted by Gasteiger charge is -2.10. The summed E-state index contributed by atoms with van der Waals surface area (Å²) in [7, 11) is 0. The number of H-pyrrole nitrogens is 1. The van der Waals surface area contributed by atoms with Crippen LogP contribution in [0.4, 0.5) is 5.69 Å². The molecular formula is C19H18ClN3O2. The fourth-order valence-electron chi connectivity index (χ4n) is 2.38. The van der Waals surface area contributed by atoms with Gasteiger partial charge in [0.25, 0.3) is 5.91 Å². The summed E-state index contributed by atoms with van der Waals surface area (Å²) in [5.74, 6) is 0.523. The molecule has 6 heteroatoms. The molecule has 0 saturated carbocycles. The molecule has 2 aromatic carbocycles. The van der Waals surface area contributed by atoms with Crippen LogP contribution in [0.2, 0.25) is 5.02 Å². The second kappa shape index (κ2) is 7.40. The number of amides is 1. The highest BCUT2D eigenvalue weighted by atomic mass is 35.5. The lowest BCUT2D eigenvalue weighted by molar-refractivity contribution is 0.102. The SMILES string of the molecule is CC(C)Oc1ccc(NC(=O)c2cn[nH]c2-c2ccc(Cl)cc2)cc1. The number of aromatic amines is 1. The molecule has 0 saturated heterocycles. The van der Waals surface area contributed by atoms with Gasteiger partial charge in [-0.1, -0.05) is 23.7 Å². The van der Waals surface area contributed by atoms with Gasteiger partial charge in [0.05, 0.1) is 23.6 Å². The number of halogens is 1. The van der Waals surface area contributed by atoms with Crippen LogP contribution in [0, 0.1) is 0 Å². The minimum Gasteiger partial charge on any atom is -0.491 e. The van der Waals surface area contributed by atoms with E-state index in [9.17, 15) is 4.79 Å². The number of hydrogen-bond acceptors (Lipinski definition) is 3. The maximum absolute atomic E-state index is 12.6. The summed E-state index contributed by atoms with van der Waals surface area (Å²) in [6.45, 7) is 3.93. The van der Waals surface area contributed by atoms with Crippen LogP contribution in [0.25, 0.3) is 11.3 Å². The van der Waals surface area contributed by atoms with Gasteiger partial charge in [-0.15, -0.1) is 0 Å². The van der Waals surface area contributed by atoms with Crippen molar-refractivity contribution in [3.63, 3.8) is 0 Å². The van der Waals surface area contributed by atoms with Crippen LogP contribution in [0.5, 0.6) is 5.75 Å². The van der Waals surface area contributed by atoms with Gasteiger partial charge in [0.1, 0.15) is 5.75 Å². The monoisotopic (exact) mass is 355 g/mol. The Morgan fingerprint density at radius 2 is 1.80 bits per heavy atom. The van der Waals surface area contributed by atoms with Crippen LogP contribution in [-0.2, 0) is 0 Å². The van der Waals surface area contributed by atoms with Gasteiger partial charge in [-0.05, 0) is 50.2 Å². The Labute approximate surface area is 151 Å². The zero-order chi connectivity index (χ0) is 17.8. The third-order valence-corrected chi connectivity index (χ3v) is 3.75. The van der Waals surface area contributed by atoms with Gasteiger partial charge in [-0.3, -0.25) is 9.89 Å². The van der Waals surface area contributed by atoms with Crippen LogP contribution in [0.1, 0.15) is 24.2 Å². The summed E-state index contributed by atoms with van der Waals surface area (Å²) in [5, 5.41) is 10.4. The average Bonchev–Trinajstić information content (AvgIpc) is 3.06. The van der Waals surface area contributed by atoms with Crippen LogP contribution in [0.15, 0.2) is 54.7 Å². The summed E-state index contributed by atoms with van der Waals surface area (Å²) < 4.78 is 5.59. The first-order valence-corrected chi connectivity index (χ1v) is 8.28. The molecule has 0 atom stereocenters. The molecule has 3 rings (SSSR count). The predicted molar refractivity (Wildman–Crippen MR) is 99.2 cm³/mol. The highest BCUT2D eigenvalue weighted by Gasteiger charge is 2.15. The number of aromatic nitrogens is 2. The minimum absolute atomic E-state index is 0.105. The van der Waals surface area contributed by atoms with E-state index in [4.69, 9.17) is 16.3 Å². The van der Waals surface area contributed by atoms with Crippen molar-refractivity contribution in [3.05, 3.63) is 65.3 Å². The highest BCUT2D eigenvalue weighted by molar-refractivity contribution is 6.30. The quantitative estimate of drug-likeness (QED) is 0.692. The first-order chi connectivity index (χ1) is 12.0. The molecule has 3 aromatic rings. The first kappa shape index (κ1) is 17.0. The Morgan fingerprint density at radius 1 is 1.12 bits per heavy atom. The Morgan fingerprint density at radius 3 is 2.44 bits per heavy atom. The second-order valence-corrected chi connectivity index (χ2v) is 6.25. The van der Waals surface area contributed by atoms with Crippen molar-refractivity contribution in [2.45, 2.75) is 20.0 Å². The number of hydrogen-bond donors (Lipinski definition) is 2. The fraction of sp³-hybridized carbons (Fsp3) is 0.158. The van der Waals surface area contributed by atoms with Gasteiger partial charge < -0.3 is 10.1 Å². The van der Waals surface area contributed by atoms with Crippen molar-refractivity contribution in [1.29, 1.82) is 0 Å². The lowest BCUT2D eigenvalue weighted by Crippen LogP contribution is -2.12.